The van der Waals surface area contributed by atoms with Crippen molar-refractivity contribution in [2.75, 3.05) is 13.2 Å². The first-order valence-electron chi connectivity index (χ1n) is 3.75. The number of amides is 1. The Kier molecular flexibility index (Phi) is 5.78. The molecule has 2 N–H and O–H groups in total. The molecule has 0 aliphatic carbocycles. The van der Waals surface area contributed by atoms with E-state index in [9.17, 15) is 4.79 Å². The molecule has 0 fully saturated rings. The van der Waals surface area contributed by atoms with Crippen molar-refractivity contribution in [3.05, 3.63) is 0 Å². The van der Waals surface area contributed by atoms with Gasteiger partial charge in [0.15, 0.2) is 0 Å². The van der Waals surface area contributed by atoms with E-state index < -0.39 is 6.23 Å². The van der Waals surface area contributed by atoms with E-state index in [-0.39, 0.29) is 12.5 Å². The Bertz CT molecular complexity index is 116. The molecule has 4 heteroatoms. The third kappa shape index (κ3) is 5.82. The number of carbonyl (C=O) groups excluding carboxylic acids is 1. The van der Waals surface area contributed by atoms with E-state index >= 15 is 0 Å². The summed E-state index contributed by atoms with van der Waals surface area (Å²) in [7, 11) is 0. The topological polar surface area (TPSA) is 58.6 Å². The van der Waals surface area contributed by atoms with Crippen LogP contribution in [0.5, 0.6) is 0 Å². The zero-order valence-electron chi connectivity index (χ0n) is 6.96. The van der Waals surface area contributed by atoms with Crippen molar-refractivity contribution < 1.29 is 14.6 Å². The van der Waals surface area contributed by atoms with E-state index in [0.29, 0.717) is 13.0 Å². The molecule has 0 unspecified atom stereocenters. The summed E-state index contributed by atoms with van der Waals surface area (Å²) in [5.41, 5.74) is 0. The minimum atomic E-state index is -0.747. The van der Waals surface area contributed by atoms with Crippen LogP contribution in [0.25, 0.3) is 0 Å². The number of aliphatic hydroxyl groups is 1. The van der Waals surface area contributed by atoms with Crippen LogP contribution in [-0.2, 0) is 9.53 Å². The molecule has 0 aliphatic heterocycles. The van der Waals surface area contributed by atoms with Gasteiger partial charge in [-0.15, -0.1) is 0 Å². The monoisotopic (exact) mass is 161 g/mol. The number of nitrogens with one attached hydrogen (secondary N) is 1. The molecule has 0 bridgehead atoms. The average molecular weight is 161 g/mol. The fraction of sp³-hybridized carbons (Fsp3) is 0.857. The molecule has 0 aromatic rings. The maximum atomic E-state index is 10.8. The Balaban J connectivity index is 3.36. The van der Waals surface area contributed by atoms with Gasteiger partial charge < -0.3 is 15.2 Å². The summed E-state index contributed by atoms with van der Waals surface area (Å²) >= 11 is 0. The maximum Gasteiger partial charge on any atom is 0.247 e. The van der Waals surface area contributed by atoms with Crippen LogP contribution in [0.3, 0.4) is 0 Å². The fourth-order valence-electron chi connectivity index (χ4n) is 0.524. The van der Waals surface area contributed by atoms with Crippen LogP contribution in [0.15, 0.2) is 0 Å². The summed E-state index contributed by atoms with van der Waals surface area (Å²) < 4.78 is 4.82. The molecule has 4 nitrogen and oxygen atoms in total. The summed E-state index contributed by atoms with van der Waals surface area (Å²) in [5, 5.41) is 11.3. The largest absolute Gasteiger partial charge is 0.374 e. The Morgan fingerprint density at radius 2 is 2.27 bits per heavy atom. The highest BCUT2D eigenvalue weighted by atomic mass is 16.5. The minimum absolute atomic E-state index is 0.0214. The van der Waals surface area contributed by atoms with Crippen LogP contribution in [0.4, 0.5) is 0 Å². The summed E-state index contributed by atoms with van der Waals surface area (Å²) in [6.45, 7) is 4.12. The van der Waals surface area contributed by atoms with Gasteiger partial charge in [0.25, 0.3) is 0 Å². The number of hydrogen-bond acceptors (Lipinski definition) is 3. The van der Waals surface area contributed by atoms with Crippen LogP contribution < -0.4 is 5.32 Å². The van der Waals surface area contributed by atoms with Gasteiger partial charge in [-0.25, -0.2) is 0 Å². The average Bonchev–Trinajstić information content (AvgIpc) is 2.00. The highest BCUT2D eigenvalue weighted by Gasteiger charge is 2.04. The molecular weight excluding hydrogens is 146 g/mol. The second-order valence-corrected chi connectivity index (χ2v) is 2.13. The van der Waals surface area contributed by atoms with Crippen LogP contribution in [0.1, 0.15) is 20.3 Å². The van der Waals surface area contributed by atoms with Gasteiger partial charge in [0.2, 0.25) is 5.91 Å². The van der Waals surface area contributed by atoms with Crippen LogP contribution in [0, 0.1) is 0 Å². The molecule has 66 valence electrons. The lowest BCUT2D eigenvalue weighted by atomic mass is 10.4. The molecule has 0 spiro atoms. The van der Waals surface area contributed by atoms with E-state index in [4.69, 9.17) is 9.84 Å². The third-order valence-electron chi connectivity index (χ3n) is 1.15. The van der Waals surface area contributed by atoms with Crippen molar-refractivity contribution in [2.45, 2.75) is 26.5 Å². The first-order chi connectivity index (χ1) is 5.20. The number of carbonyl (C=O) groups is 1. The highest BCUT2D eigenvalue weighted by molar-refractivity contribution is 5.77. The van der Waals surface area contributed by atoms with Crippen molar-refractivity contribution in [3.63, 3.8) is 0 Å². The molecule has 11 heavy (non-hydrogen) atoms. The van der Waals surface area contributed by atoms with Gasteiger partial charge in [-0.1, -0.05) is 6.92 Å². The second kappa shape index (κ2) is 6.12. The molecule has 0 rings (SSSR count). The van der Waals surface area contributed by atoms with Crippen molar-refractivity contribution >= 4 is 5.91 Å². The molecule has 0 aliphatic rings. The molecule has 0 heterocycles. The second-order valence-electron chi connectivity index (χ2n) is 2.13. The number of hydrogen-bond donors (Lipinski definition) is 2. The summed E-state index contributed by atoms with van der Waals surface area (Å²) in [4.78, 5) is 10.8. The van der Waals surface area contributed by atoms with Crippen molar-refractivity contribution in [1.29, 1.82) is 0 Å². The molecule has 1 amide bonds. The minimum Gasteiger partial charge on any atom is -0.374 e. The normalized spacial score (nSPS) is 12.6. The lowest BCUT2D eigenvalue weighted by Crippen LogP contribution is -2.36. The molecule has 0 aromatic carbocycles. The Labute approximate surface area is 66.5 Å². The highest BCUT2D eigenvalue weighted by Crippen LogP contribution is 1.83. The summed E-state index contributed by atoms with van der Waals surface area (Å²) in [5.74, 6) is -0.277. The summed E-state index contributed by atoms with van der Waals surface area (Å²) in [6, 6.07) is 0. The van der Waals surface area contributed by atoms with Crippen LogP contribution in [-0.4, -0.2) is 30.5 Å². The third-order valence-corrected chi connectivity index (χ3v) is 1.15. The van der Waals surface area contributed by atoms with Gasteiger partial charge >= 0.3 is 0 Å². The molecule has 0 radical (unpaired) electrons. The SMILES string of the molecule is CCOCC(=O)N[C@H](O)CC. The van der Waals surface area contributed by atoms with E-state index in [1.54, 1.807) is 6.92 Å². The Morgan fingerprint density at radius 3 is 2.73 bits per heavy atom. The van der Waals surface area contributed by atoms with Crippen molar-refractivity contribution in [2.24, 2.45) is 0 Å². The van der Waals surface area contributed by atoms with E-state index in [1.165, 1.54) is 0 Å². The number of rotatable bonds is 5. The number of ether oxygens (including phenoxy) is 1. The van der Waals surface area contributed by atoms with Crippen LogP contribution >= 0.6 is 0 Å². The fourth-order valence-corrected chi connectivity index (χ4v) is 0.524. The first-order valence-corrected chi connectivity index (χ1v) is 3.75. The quantitative estimate of drug-likeness (QED) is 0.552. The Morgan fingerprint density at radius 1 is 1.64 bits per heavy atom. The van der Waals surface area contributed by atoms with Gasteiger partial charge in [0, 0.05) is 6.61 Å². The lowest BCUT2D eigenvalue weighted by Gasteiger charge is -2.09. The molecule has 1 atom stereocenters. The molecule has 0 saturated heterocycles. The zero-order valence-corrected chi connectivity index (χ0v) is 6.96. The van der Waals surface area contributed by atoms with Gasteiger partial charge in [-0.05, 0) is 13.3 Å². The first kappa shape index (κ1) is 10.4. The van der Waals surface area contributed by atoms with E-state index in [1.807, 2.05) is 6.92 Å². The standard InChI is InChI=1S/C7H15NO3/c1-3-6(9)8-7(10)5-11-4-2/h6,9H,3-5H2,1-2H3,(H,8,10)/t6-/m1/s1. The predicted octanol–water partition coefficient (Wildman–Crippen LogP) is -0.133. The maximum absolute atomic E-state index is 10.8. The molecule has 0 aromatic heterocycles. The lowest BCUT2D eigenvalue weighted by molar-refractivity contribution is -0.128. The molecule has 0 saturated carbocycles. The van der Waals surface area contributed by atoms with Crippen LogP contribution in [0.2, 0.25) is 0 Å². The Hall–Kier alpha value is -0.610. The predicted molar refractivity (Wildman–Crippen MR) is 40.9 cm³/mol. The summed E-state index contributed by atoms with van der Waals surface area (Å²) in [6.07, 6.45) is -0.235. The van der Waals surface area contributed by atoms with Gasteiger partial charge in [-0.3, -0.25) is 4.79 Å². The van der Waals surface area contributed by atoms with E-state index in [0.717, 1.165) is 0 Å². The van der Waals surface area contributed by atoms with Crippen molar-refractivity contribution in [3.8, 4) is 0 Å². The number of aliphatic hydroxyl groups excluding tert-OH is 1. The van der Waals surface area contributed by atoms with Gasteiger partial charge in [-0.2, -0.15) is 0 Å². The van der Waals surface area contributed by atoms with E-state index in [2.05, 4.69) is 5.32 Å². The zero-order chi connectivity index (χ0) is 8.69. The van der Waals surface area contributed by atoms with Gasteiger partial charge in [0.1, 0.15) is 12.8 Å². The smallest absolute Gasteiger partial charge is 0.247 e. The van der Waals surface area contributed by atoms with Gasteiger partial charge in [0.05, 0.1) is 0 Å². The van der Waals surface area contributed by atoms with Crippen molar-refractivity contribution in [1.82, 2.24) is 5.32 Å². The molecular formula is C7H15NO3.